The van der Waals surface area contributed by atoms with Crippen molar-refractivity contribution in [2.45, 2.75) is 38.3 Å². The fourth-order valence-electron chi connectivity index (χ4n) is 3.36. The van der Waals surface area contributed by atoms with Crippen LogP contribution in [0.2, 0.25) is 0 Å². The highest BCUT2D eigenvalue weighted by Gasteiger charge is 2.21. The highest BCUT2D eigenvalue weighted by molar-refractivity contribution is 5.97. The summed E-state index contributed by atoms with van der Waals surface area (Å²) in [5.41, 5.74) is 17.1. The number of nitrogens with one attached hydrogen (secondary N) is 4. The topological polar surface area (TPSA) is 277 Å². The molecule has 0 saturated heterocycles. The molecule has 16 nitrogen and oxygen atoms in total. The molecule has 3 aromatic rings. The lowest BCUT2D eigenvalue weighted by molar-refractivity contribution is -0.139. The fourth-order valence-corrected chi connectivity index (χ4v) is 3.36. The second-order valence-electron chi connectivity index (χ2n) is 8.64. The van der Waals surface area contributed by atoms with E-state index >= 15 is 0 Å². The number of carbonyl (C=O) groups is 3. The highest BCUT2D eigenvalue weighted by Crippen LogP contribution is 2.12. The number of nitrogen functional groups attached to an aromatic ring is 1. The summed E-state index contributed by atoms with van der Waals surface area (Å²) in [7, 11) is 2.88. The molecule has 0 unspecified atom stereocenters. The first-order valence-electron chi connectivity index (χ1n) is 13.1. The van der Waals surface area contributed by atoms with Gasteiger partial charge in [-0.15, -0.1) is 0 Å². The number of carbonyl (C=O) groups excluding carboxylic acids is 2. The Morgan fingerprint density at radius 2 is 1.74 bits per heavy atom. The number of Topliss-reactive ketones (excluding diaryl/α,β-unsaturated/α-hetero) is 1. The second-order valence-corrected chi connectivity index (χ2v) is 8.64. The zero-order valence-electron chi connectivity index (χ0n) is 23.7. The van der Waals surface area contributed by atoms with E-state index in [4.69, 9.17) is 22.3 Å². The molecular weight excluding hydrogens is 548 g/mol. The van der Waals surface area contributed by atoms with Crippen LogP contribution in [0.3, 0.4) is 0 Å². The van der Waals surface area contributed by atoms with E-state index in [-0.39, 0.29) is 54.3 Å². The second kappa shape index (κ2) is 19.5. The van der Waals surface area contributed by atoms with E-state index in [9.17, 15) is 24.3 Å². The monoisotopic (exact) mass is 588 g/mol. The SMILES string of the molecule is CNCCN.CO.NCCCC(=O)CC[C@H](NC(=O)c1ccc(NCc2cnc3nc(N)[nH]c(=O)c3n2)cc1)C(=O)O. The number of aromatic amines is 1. The molecule has 230 valence electrons. The Morgan fingerprint density at radius 1 is 1.05 bits per heavy atom. The van der Waals surface area contributed by atoms with Crippen LogP contribution in [0.1, 0.15) is 41.7 Å². The Morgan fingerprint density at radius 3 is 2.31 bits per heavy atom. The van der Waals surface area contributed by atoms with E-state index in [0.717, 1.165) is 20.2 Å². The molecule has 12 N–H and O–H groups in total. The van der Waals surface area contributed by atoms with Crippen molar-refractivity contribution < 1.29 is 24.6 Å². The van der Waals surface area contributed by atoms with Gasteiger partial charge in [0.25, 0.3) is 11.5 Å². The first-order valence-corrected chi connectivity index (χ1v) is 13.1. The number of fused-ring (bicyclic) bond motifs is 1. The van der Waals surface area contributed by atoms with Gasteiger partial charge in [0.05, 0.1) is 18.4 Å². The maximum atomic E-state index is 12.5. The normalized spacial score (nSPS) is 10.9. The number of carboxylic acid groups (broad SMARTS) is 1. The Kier molecular flexibility index (Phi) is 16.5. The van der Waals surface area contributed by atoms with E-state index < -0.39 is 23.5 Å². The van der Waals surface area contributed by atoms with E-state index in [1.54, 1.807) is 12.1 Å². The molecule has 42 heavy (non-hydrogen) atoms. The van der Waals surface area contributed by atoms with Crippen molar-refractivity contribution in [3.63, 3.8) is 0 Å². The van der Waals surface area contributed by atoms with Crippen molar-refractivity contribution in [3.05, 3.63) is 52.1 Å². The summed E-state index contributed by atoms with van der Waals surface area (Å²) < 4.78 is 0. The zero-order chi connectivity index (χ0) is 31.5. The number of likely N-dealkylation sites (N-methyl/N-ethyl adjacent to an activating group) is 1. The Balaban J connectivity index is 0.00000114. The lowest BCUT2D eigenvalue weighted by atomic mass is 10.1. The van der Waals surface area contributed by atoms with Gasteiger partial charge >= 0.3 is 5.97 Å². The van der Waals surface area contributed by atoms with Crippen LogP contribution in [0.5, 0.6) is 0 Å². The van der Waals surface area contributed by atoms with Gasteiger partial charge in [-0.2, -0.15) is 4.98 Å². The number of ketones is 1. The number of aliphatic hydroxyl groups excluding tert-OH is 1. The van der Waals surface area contributed by atoms with Gasteiger partial charge in [-0.05, 0) is 50.7 Å². The molecule has 2 heterocycles. The first-order chi connectivity index (χ1) is 20.2. The third kappa shape index (κ3) is 12.3. The zero-order valence-corrected chi connectivity index (χ0v) is 23.7. The van der Waals surface area contributed by atoms with E-state index in [1.807, 2.05) is 7.05 Å². The summed E-state index contributed by atoms with van der Waals surface area (Å²) in [6.45, 7) is 2.28. The number of carboxylic acids is 1. The van der Waals surface area contributed by atoms with Crippen molar-refractivity contribution in [3.8, 4) is 0 Å². The Bertz CT molecular complexity index is 1330. The van der Waals surface area contributed by atoms with E-state index in [2.05, 4.69) is 35.9 Å². The fraction of sp³-hybridized carbons (Fsp3) is 0.423. The number of aliphatic hydroxyl groups is 1. The lowest BCUT2D eigenvalue weighted by Gasteiger charge is -2.14. The number of hydrogen-bond acceptors (Lipinski definition) is 13. The Hall–Kier alpha value is -4.51. The number of aromatic nitrogens is 4. The van der Waals surface area contributed by atoms with Crippen molar-refractivity contribution in [2.75, 3.05) is 44.8 Å². The number of rotatable bonds is 14. The van der Waals surface area contributed by atoms with Crippen LogP contribution < -0.4 is 38.7 Å². The van der Waals surface area contributed by atoms with Crippen molar-refractivity contribution in [2.24, 2.45) is 11.5 Å². The van der Waals surface area contributed by atoms with Crippen LogP contribution in [0, 0.1) is 0 Å². The maximum absolute atomic E-state index is 12.5. The van der Waals surface area contributed by atoms with Gasteiger partial charge in [-0.25, -0.2) is 14.8 Å². The van der Waals surface area contributed by atoms with Gasteiger partial charge in [0.2, 0.25) is 5.95 Å². The summed E-state index contributed by atoms with van der Waals surface area (Å²) in [5.74, 6) is -1.91. The molecule has 0 radical (unpaired) electrons. The standard InChI is InChI=1S/C22H26N8O5.C3H10N2.CH4O/c23-9-1-2-15(31)7-8-16(21(34)35)28-19(32)12-3-5-13(6-4-12)25-10-14-11-26-18-17(27-14)20(33)30-22(24)29-18;1-5-3-2-4;1-2/h3-6,11,16,25H,1-2,7-10,23H2,(H,28,32)(H,34,35)(H3,24,26,29,30,33);5H,2-4H2,1H3;2H,1H3/t16-;;/m0../s1. The molecule has 0 saturated carbocycles. The average Bonchev–Trinajstić information content (AvgIpc) is 2.99. The predicted octanol–water partition coefficient (Wildman–Crippen LogP) is -1.05. The van der Waals surface area contributed by atoms with Crippen molar-refractivity contribution in [1.82, 2.24) is 30.6 Å². The summed E-state index contributed by atoms with van der Waals surface area (Å²) in [5, 5.41) is 24.8. The minimum absolute atomic E-state index is 0.00184. The highest BCUT2D eigenvalue weighted by atomic mass is 16.4. The number of nitrogens with zero attached hydrogens (tertiary/aromatic N) is 3. The molecule has 16 heteroatoms. The van der Waals surface area contributed by atoms with E-state index in [1.165, 1.54) is 18.3 Å². The van der Waals surface area contributed by atoms with E-state index in [0.29, 0.717) is 24.3 Å². The summed E-state index contributed by atoms with van der Waals surface area (Å²) in [4.78, 5) is 62.3. The van der Waals surface area contributed by atoms with Crippen LogP contribution >= 0.6 is 0 Å². The average molecular weight is 589 g/mol. The van der Waals surface area contributed by atoms with Gasteiger partial charge in [0, 0.05) is 44.3 Å². The molecule has 1 amide bonds. The Labute approximate surface area is 242 Å². The molecule has 0 fully saturated rings. The maximum Gasteiger partial charge on any atom is 0.326 e. The van der Waals surface area contributed by atoms with Gasteiger partial charge in [0.1, 0.15) is 11.8 Å². The molecule has 0 bridgehead atoms. The third-order valence-corrected chi connectivity index (χ3v) is 5.48. The van der Waals surface area contributed by atoms with Gasteiger partial charge in [-0.3, -0.25) is 19.4 Å². The number of nitrogens with two attached hydrogens (primary N) is 3. The minimum Gasteiger partial charge on any atom is -0.480 e. The molecule has 0 aliphatic heterocycles. The predicted molar refractivity (Wildman–Crippen MR) is 159 cm³/mol. The quantitative estimate of drug-likeness (QED) is 0.109. The van der Waals surface area contributed by atoms with Crippen LogP contribution in [-0.4, -0.2) is 87.6 Å². The number of amides is 1. The number of aliphatic carboxylic acids is 1. The molecule has 3 rings (SSSR count). The molecule has 1 atom stereocenters. The number of benzene rings is 1. The molecule has 1 aromatic carbocycles. The summed E-state index contributed by atoms with van der Waals surface area (Å²) in [6.07, 6.45) is 2.35. The minimum atomic E-state index is -1.21. The lowest BCUT2D eigenvalue weighted by Crippen LogP contribution is -2.41. The van der Waals surface area contributed by atoms with Gasteiger partial charge in [-0.1, -0.05) is 0 Å². The van der Waals surface area contributed by atoms with Crippen LogP contribution in [0.25, 0.3) is 11.2 Å². The molecule has 2 aromatic heterocycles. The molecule has 0 aliphatic carbocycles. The van der Waals surface area contributed by atoms with Gasteiger partial charge in [0.15, 0.2) is 11.2 Å². The smallest absolute Gasteiger partial charge is 0.326 e. The summed E-state index contributed by atoms with van der Waals surface area (Å²) in [6, 6.07) is 5.18. The number of hydrogen-bond donors (Lipinski definition) is 9. The largest absolute Gasteiger partial charge is 0.480 e. The number of H-pyrrole nitrogens is 1. The molecular formula is C26H40N10O6. The van der Waals surface area contributed by atoms with Crippen molar-refractivity contribution in [1.29, 1.82) is 0 Å². The van der Waals surface area contributed by atoms with Crippen LogP contribution in [0.4, 0.5) is 11.6 Å². The van der Waals surface area contributed by atoms with Crippen LogP contribution in [0.15, 0.2) is 35.3 Å². The third-order valence-electron chi connectivity index (χ3n) is 5.48. The molecule has 0 spiro atoms. The number of anilines is 2. The molecule has 0 aliphatic rings. The van der Waals surface area contributed by atoms with Crippen LogP contribution in [-0.2, 0) is 16.1 Å². The summed E-state index contributed by atoms with van der Waals surface area (Å²) >= 11 is 0. The first kappa shape index (κ1) is 35.5. The van der Waals surface area contributed by atoms with Gasteiger partial charge < -0.3 is 43.4 Å². The van der Waals surface area contributed by atoms with Crippen molar-refractivity contribution >= 4 is 40.5 Å².